The summed E-state index contributed by atoms with van der Waals surface area (Å²) in [7, 11) is 0. The van der Waals surface area contributed by atoms with Gasteiger partial charge in [-0.25, -0.2) is 0 Å². The van der Waals surface area contributed by atoms with Crippen LogP contribution in [0.3, 0.4) is 0 Å². The number of ether oxygens (including phenoxy) is 2. The van der Waals surface area contributed by atoms with Crippen LogP contribution in [0.15, 0.2) is 0 Å². The summed E-state index contributed by atoms with van der Waals surface area (Å²) in [6.07, 6.45) is 0. The highest BCUT2D eigenvalue weighted by atomic mass is 16.5. The van der Waals surface area contributed by atoms with Crippen LogP contribution in [-0.2, 0) is 19.1 Å². The zero-order valence-electron chi connectivity index (χ0n) is 7.78. The molecule has 0 aliphatic rings. The first-order valence-electron chi connectivity index (χ1n) is 3.94. The van der Waals surface area contributed by atoms with E-state index in [2.05, 4.69) is 4.74 Å². The quantitative estimate of drug-likeness (QED) is 0.460. The first-order chi connectivity index (χ1) is 6.10. The van der Waals surface area contributed by atoms with E-state index < -0.39 is 18.0 Å². The molecule has 0 heterocycles. The molecule has 0 aromatic rings. The monoisotopic (exact) mass is 190 g/mol. The Kier molecular flexibility index (Phi) is 5.06. The lowest BCUT2D eigenvalue weighted by Crippen LogP contribution is -2.38. The molecule has 0 aliphatic carbocycles. The molecule has 0 amide bonds. The molecule has 0 fully saturated rings. The number of rotatable bonds is 6. The van der Waals surface area contributed by atoms with Crippen LogP contribution in [0.1, 0.15) is 13.8 Å². The molecule has 5 nitrogen and oxygen atoms in total. The molecular formula is C8H14O5. The lowest BCUT2D eigenvalue weighted by molar-refractivity contribution is -0.162. The summed E-state index contributed by atoms with van der Waals surface area (Å²) < 4.78 is 9.12. The Hall–Kier alpha value is -1.10. The number of carbonyl (C=O) groups is 2. The van der Waals surface area contributed by atoms with Gasteiger partial charge in [0.2, 0.25) is 0 Å². The lowest BCUT2D eigenvalue weighted by atomic mass is 9.93. The van der Waals surface area contributed by atoms with E-state index in [9.17, 15) is 9.59 Å². The second-order valence-electron chi connectivity index (χ2n) is 2.85. The minimum absolute atomic E-state index is 0.175. The Morgan fingerprint density at radius 3 is 2.62 bits per heavy atom. The Morgan fingerprint density at radius 1 is 1.62 bits per heavy atom. The second-order valence-corrected chi connectivity index (χ2v) is 2.85. The molecule has 0 spiro atoms. The minimum Gasteiger partial charge on any atom is -0.467 e. The molecule has 1 atom stereocenters. The second kappa shape index (κ2) is 5.53. The molecule has 1 unspecified atom stereocenters. The van der Waals surface area contributed by atoms with Crippen LogP contribution in [0.2, 0.25) is 0 Å². The highest BCUT2D eigenvalue weighted by Gasteiger charge is 2.35. The number of hydrogen-bond donors (Lipinski definition) is 1. The zero-order valence-corrected chi connectivity index (χ0v) is 7.78. The van der Waals surface area contributed by atoms with Gasteiger partial charge in [0.1, 0.15) is 12.0 Å². The molecule has 0 saturated carbocycles. The minimum atomic E-state index is -1.16. The maximum Gasteiger partial charge on any atom is 0.317 e. The number of esters is 1. The molecule has 13 heavy (non-hydrogen) atoms. The van der Waals surface area contributed by atoms with Crippen LogP contribution in [-0.4, -0.2) is 37.4 Å². The van der Waals surface area contributed by atoms with Gasteiger partial charge in [-0.1, -0.05) is 0 Å². The maximum absolute atomic E-state index is 11.2. The van der Waals surface area contributed by atoms with Crippen molar-refractivity contribution in [2.45, 2.75) is 13.8 Å². The Morgan fingerprint density at radius 2 is 2.23 bits per heavy atom. The predicted octanol–water partition coefficient (Wildman–Crippen LogP) is -0.279. The van der Waals surface area contributed by atoms with Gasteiger partial charge in [0.05, 0.1) is 13.2 Å². The van der Waals surface area contributed by atoms with Gasteiger partial charge >= 0.3 is 5.97 Å². The first kappa shape index (κ1) is 11.9. The summed E-state index contributed by atoms with van der Waals surface area (Å²) >= 11 is 0. The predicted molar refractivity (Wildman–Crippen MR) is 43.8 cm³/mol. The lowest BCUT2D eigenvalue weighted by Gasteiger charge is -2.22. The molecule has 0 radical (unpaired) electrons. The average Bonchev–Trinajstić information content (AvgIpc) is 2.14. The number of aliphatic hydroxyl groups excluding tert-OH is 1. The zero-order chi connectivity index (χ0) is 10.3. The van der Waals surface area contributed by atoms with Gasteiger partial charge in [0.25, 0.3) is 6.47 Å². The van der Waals surface area contributed by atoms with Crippen molar-refractivity contribution < 1.29 is 24.2 Å². The van der Waals surface area contributed by atoms with Gasteiger partial charge < -0.3 is 14.6 Å². The summed E-state index contributed by atoms with van der Waals surface area (Å²) in [4.78, 5) is 21.1. The largest absolute Gasteiger partial charge is 0.467 e. The van der Waals surface area contributed by atoms with Crippen LogP contribution in [0.5, 0.6) is 0 Å². The smallest absolute Gasteiger partial charge is 0.317 e. The molecule has 0 bridgehead atoms. The third-order valence-corrected chi connectivity index (χ3v) is 1.59. The van der Waals surface area contributed by atoms with Crippen molar-refractivity contribution in [3.05, 3.63) is 0 Å². The van der Waals surface area contributed by atoms with Crippen molar-refractivity contribution in [3.63, 3.8) is 0 Å². The van der Waals surface area contributed by atoms with Crippen molar-refractivity contribution in [2.75, 3.05) is 19.8 Å². The van der Waals surface area contributed by atoms with Crippen molar-refractivity contribution in [1.29, 1.82) is 0 Å². The molecule has 1 N–H and O–H groups in total. The third-order valence-electron chi connectivity index (χ3n) is 1.59. The van der Waals surface area contributed by atoms with Gasteiger partial charge in [-0.3, -0.25) is 9.59 Å². The molecule has 0 aliphatic heterocycles. The van der Waals surface area contributed by atoms with Gasteiger partial charge in [-0.2, -0.15) is 0 Å². The van der Waals surface area contributed by atoms with Gasteiger partial charge in [0.15, 0.2) is 0 Å². The van der Waals surface area contributed by atoms with E-state index in [0.717, 1.165) is 0 Å². The summed E-state index contributed by atoms with van der Waals surface area (Å²) in [6, 6.07) is 0. The SMILES string of the molecule is CCOC(=O)C(C)(CO)COC=O. The molecular weight excluding hydrogens is 176 g/mol. The van der Waals surface area contributed by atoms with E-state index in [1.165, 1.54) is 6.92 Å². The maximum atomic E-state index is 11.2. The van der Waals surface area contributed by atoms with Crippen LogP contribution < -0.4 is 0 Å². The number of hydrogen-bond acceptors (Lipinski definition) is 5. The highest BCUT2D eigenvalue weighted by Crippen LogP contribution is 2.17. The number of aliphatic hydroxyl groups is 1. The van der Waals surface area contributed by atoms with Crippen molar-refractivity contribution in [2.24, 2.45) is 5.41 Å². The Balaban J connectivity index is 4.23. The molecule has 0 aromatic carbocycles. The highest BCUT2D eigenvalue weighted by molar-refractivity contribution is 5.76. The van der Waals surface area contributed by atoms with Crippen molar-refractivity contribution in [3.8, 4) is 0 Å². The van der Waals surface area contributed by atoms with Gasteiger partial charge in [-0.15, -0.1) is 0 Å². The van der Waals surface area contributed by atoms with Crippen molar-refractivity contribution in [1.82, 2.24) is 0 Å². The van der Waals surface area contributed by atoms with E-state index in [1.54, 1.807) is 6.92 Å². The Labute approximate surface area is 76.6 Å². The number of carbonyl (C=O) groups excluding carboxylic acids is 2. The van der Waals surface area contributed by atoms with E-state index in [1.807, 2.05) is 0 Å². The van der Waals surface area contributed by atoms with Gasteiger partial charge in [-0.05, 0) is 13.8 Å². The molecule has 76 valence electrons. The standard InChI is InChI=1S/C8H14O5/c1-3-13-7(11)8(2,4-9)5-12-6-10/h6,9H,3-5H2,1-2H3. The Bertz CT molecular complexity index is 179. The summed E-state index contributed by atoms with van der Waals surface area (Å²) in [5, 5.41) is 8.91. The van der Waals surface area contributed by atoms with Crippen LogP contribution >= 0.6 is 0 Å². The van der Waals surface area contributed by atoms with Crippen LogP contribution in [0, 0.1) is 5.41 Å². The average molecular weight is 190 g/mol. The summed E-state index contributed by atoms with van der Waals surface area (Å²) in [5.74, 6) is -0.570. The fraction of sp³-hybridized carbons (Fsp3) is 0.750. The van der Waals surface area contributed by atoms with E-state index >= 15 is 0 Å². The van der Waals surface area contributed by atoms with Crippen molar-refractivity contribution >= 4 is 12.4 Å². The topological polar surface area (TPSA) is 72.8 Å². The van der Waals surface area contributed by atoms with Gasteiger partial charge in [0, 0.05) is 0 Å². The summed E-state index contributed by atoms with van der Waals surface area (Å²) in [5.41, 5.74) is -1.16. The molecule has 0 saturated heterocycles. The molecule has 5 heteroatoms. The van der Waals surface area contributed by atoms with Crippen LogP contribution in [0.4, 0.5) is 0 Å². The fourth-order valence-corrected chi connectivity index (χ4v) is 0.692. The fourth-order valence-electron chi connectivity index (χ4n) is 0.692. The summed E-state index contributed by atoms with van der Waals surface area (Å²) in [6.45, 7) is 3.00. The normalized spacial score (nSPS) is 14.4. The van der Waals surface area contributed by atoms with E-state index in [0.29, 0.717) is 0 Å². The molecule has 0 rings (SSSR count). The molecule has 0 aromatic heterocycles. The van der Waals surface area contributed by atoms with E-state index in [4.69, 9.17) is 9.84 Å². The van der Waals surface area contributed by atoms with E-state index in [-0.39, 0.29) is 19.7 Å². The van der Waals surface area contributed by atoms with Crippen LogP contribution in [0.25, 0.3) is 0 Å². The first-order valence-corrected chi connectivity index (χ1v) is 3.94. The third kappa shape index (κ3) is 3.42.